The van der Waals surface area contributed by atoms with E-state index < -0.39 is 23.4 Å². The van der Waals surface area contributed by atoms with Gasteiger partial charge in [0.25, 0.3) is 11.8 Å². The number of nitrogens with one attached hydrogen (secondary N) is 3. The minimum Gasteiger partial charge on any atom is -0.318 e. The van der Waals surface area contributed by atoms with Gasteiger partial charge in [-0.3, -0.25) is 15.0 Å². The summed E-state index contributed by atoms with van der Waals surface area (Å²) in [6, 6.07) is 13.1. The molecule has 158 valence electrons. The molecule has 1 aliphatic heterocycles. The first-order chi connectivity index (χ1) is 14.3. The maximum atomic E-state index is 13.0. The van der Waals surface area contributed by atoms with Crippen LogP contribution < -0.4 is 16.1 Å². The molecular weight excluding hydrogens is 427 g/mol. The lowest BCUT2D eigenvalue weighted by Gasteiger charge is -2.25. The van der Waals surface area contributed by atoms with Crippen molar-refractivity contribution in [1.82, 2.24) is 21.1 Å². The molecule has 9 heteroatoms. The topological polar surface area (TPSA) is 90.5 Å². The molecule has 3 N–H and O–H groups in total. The van der Waals surface area contributed by atoms with Crippen molar-refractivity contribution in [2.45, 2.75) is 31.8 Å². The van der Waals surface area contributed by atoms with Crippen molar-refractivity contribution in [3.05, 3.63) is 69.7 Å². The molecule has 2 aromatic carbocycles. The molecule has 3 rings (SSSR count). The Hall–Kier alpha value is -2.61. The van der Waals surface area contributed by atoms with Gasteiger partial charge in [-0.15, -0.1) is 0 Å². The number of hydrazine groups is 1. The summed E-state index contributed by atoms with van der Waals surface area (Å²) in [5.74, 6) is -1.06. The third kappa shape index (κ3) is 4.28. The Kier molecular flexibility index (Phi) is 6.65. The van der Waals surface area contributed by atoms with Crippen LogP contribution in [-0.2, 0) is 15.1 Å². The Morgan fingerprint density at radius 2 is 1.87 bits per heavy atom. The standard InChI is InChI=1S/C21H22Cl2N4O3/c1-3-21(14-7-5-4-6-8-14)19(29)27(20(30)25-21)26-18(28)12-24-13(2)16-10-9-15(22)11-17(16)23/h4-11,13,24H,3,12H2,1-2H3,(H,25,30)(H,26,28). The number of nitrogens with zero attached hydrogens (tertiary/aromatic N) is 1. The summed E-state index contributed by atoms with van der Waals surface area (Å²) >= 11 is 12.1. The number of rotatable bonds is 7. The van der Waals surface area contributed by atoms with E-state index in [1.807, 2.05) is 13.0 Å². The zero-order valence-corrected chi connectivity index (χ0v) is 18.1. The van der Waals surface area contributed by atoms with Crippen LogP contribution in [0.4, 0.5) is 4.79 Å². The Bertz CT molecular complexity index is 970. The van der Waals surface area contributed by atoms with E-state index in [1.165, 1.54) is 0 Å². The first kappa shape index (κ1) is 22.1. The number of hydrogen-bond acceptors (Lipinski definition) is 4. The van der Waals surface area contributed by atoms with Crippen molar-refractivity contribution in [2.75, 3.05) is 6.54 Å². The Morgan fingerprint density at radius 1 is 1.17 bits per heavy atom. The van der Waals surface area contributed by atoms with Gasteiger partial charge in [0, 0.05) is 16.1 Å². The Balaban J connectivity index is 1.65. The van der Waals surface area contributed by atoms with Crippen molar-refractivity contribution in [3.63, 3.8) is 0 Å². The number of amides is 4. The minimum atomic E-state index is -1.21. The normalized spacial score (nSPS) is 19.5. The lowest BCUT2D eigenvalue weighted by atomic mass is 9.87. The van der Waals surface area contributed by atoms with E-state index in [-0.39, 0.29) is 12.6 Å². The minimum absolute atomic E-state index is 0.123. The number of halogens is 2. The fourth-order valence-corrected chi connectivity index (χ4v) is 3.98. The van der Waals surface area contributed by atoms with Crippen LogP contribution in [0.5, 0.6) is 0 Å². The van der Waals surface area contributed by atoms with E-state index >= 15 is 0 Å². The maximum absolute atomic E-state index is 13.0. The monoisotopic (exact) mass is 448 g/mol. The smallest absolute Gasteiger partial charge is 0.318 e. The van der Waals surface area contributed by atoms with Crippen molar-refractivity contribution in [1.29, 1.82) is 0 Å². The largest absolute Gasteiger partial charge is 0.344 e. The van der Waals surface area contributed by atoms with E-state index in [9.17, 15) is 14.4 Å². The fourth-order valence-electron chi connectivity index (χ4n) is 3.41. The van der Waals surface area contributed by atoms with Crippen LogP contribution in [0.1, 0.15) is 37.4 Å². The summed E-state index contributed by atoms with van der Waals surface area (Å²) < 4.78 is 0. The van der Waals surface area contributed by atoms with Gasteiger partial charge >= 0.3 is 6.03 Å². The van der Waals surface area contributed by atoms with E-state index in [0.29, 0.717) is 22.0 Å². The molecule has 0 radical (unpaired) electrons. The molecule has 0 saturated carbocycles. The maximum Gasteiger partial charge on any atom is 0.344 e. The molecule has 0 aromatic heterocycles. The van der Waals surface area contributed by atoms with Crippen LogP contribution in [0.15, 0.2) is 48.5 Å². The predicted molar refractivity (Wildman–Crippen MR) is 115 cm³/mol. The molecular formula is C21H22Cl2N4O3. The number of urea groups is 1. The average Bonchev–Trinajstić information content (AvgIpc) is 2.97. The van der Waals surface area contributed by atoms with Crippen LogP contribution in [0.2, 0.25) is 10.0 Å². The summed E-state index contributed by atoms with van der Waals surface area (Å²) in [7, 11) is 0. The van der Waals surface area contributed by atoms with Gasteiger partial charge in [-0.1, -0.05) is 66.5 Å². The highest BCUT2D eigenvalue weighted by molar-refractivity contribution is 6.35. The zero-order chi connectivity index (χ0) is 21.9. The zero-order valence-electron chi connectivity index (χ0n) is 16.5. The number of hydrogen-bond donors (Lipinski definition) is 3. The predicted octanol–water partition coefficient (Wildman–Crippen LogP) is 3.53. The first-order valence-electron chi connectivity index (χ1n) is 9.48. The van der Waals surface area contributed by atoms with Crippen LogP contribution in [-0.4, -0.2) is 29.4 Å². The highest BCUT2D eigenvalue weighted by Gasteiger charge is 2.52. The SMILES string of the molecule is CCC1(c2ccccc2)NC(=O)N(NC(=O)CNC(C)c2ccc(Cl)cc2Cl)C1=O. The van der Waals surface area contributed by atoms with E-state index in [0.717, 1.165) is 10.6 Å². The van der Waals surface area contributed by atoms with Crippen LogP contribution in [0, 0.1) is 0 Å². The van der Waals surface area contributed by atoms with E-state index in [4.69, 9.17) is 23.2 Å². The lowest BCUT2D eigenvalue weighted by molar-refractivity contribution is -0.139. The lowest BCUT2D eigenvalue weighted by Crippen LogP contribution is -2.50. The van der Waals surface area contributed by atoms with Crippen LogP contribution in [0.3, 0.4) is 0 Å². The molecule has 30 heavy (non-hydrogen) atoms. The first-order valence-corrected chi connectivity index (χ1v) is 10.2. The number of carbonyl (C=O) groups is 3. The summed E-state index contributed by atoms with van der Waals surface area (Å²) in [5, 5.41) is 7.47. The summed E-state index contributed by atoms with van der Waals surface area (Å²) in [6.07, 6.45) is 0.346. The van der Waals surface area contributed by atoms with Crippen molar-refractivity contribution in [3.8, 4) is 0 Å². The molecule has 4 amide bonds. The second kappa shape index (κ2) is 9.04. The van der Waals surface area contributed by atoms with Crippen LogP contribution >= 0.6 is 23.2 Å². The van der Waals surface area contributed by atoms with Gasteiger partial charge < -0.3 is 10.6 Å². The van der Waals surface area contributed by atoms with Crippen molar-refractivity contribution < 1.29 is 14.4 Å². The molecule has 1 fully saturated rings. The third-order valence-corrected chi connectivity index (χ3v) is 5.69. The molecule has 2 aromatic rings. The second-order valence-corrected chi connectivity index (χ2v) is 7.84. The third-order valence-electron chi connectivity index (χ3n) is 5.12. The average molecular weight is 449 g/mol. The van der Waals surface area contributed by atoms with Gasteiger partial charge in [0.05, 0.1) is 6.54 Å². The number of carbonyl (C=O) groups excluding carboxylic acids is 3. The molecule has 2 unspecified atom stereocenters. The molecule has 0 bridgehead atoms. The second-order valence-electron chi connectivity index (χ2n) is 7.00. The quantitative estimate of drug-likeness (QED) is 0.565. The molecule has 0 aliphatic carbocycles. The number of benzene rings is 2. The summed E-state index contributed by atoms with van der Waals surface area (Å²) in [4.78, 5) is 37.9. The van der Waals surface area contributed by atoms with Gasteiger partial charge in [-0.05, 0) is 36.6 Å². The van der Waals surface area contributed by atoms with Gasteiger partial charge in [0.2, 0.25) is 0 Å². The Labute approximate surface area is 184 Å². The molecule has 0 spiro atoms. The molecule has 2 atom stereocenters. The fraction of sp³-hybridized carbons (Fsp3) is 0.286. The highest BCUT2D eigenvalue weighted by atomic mass is 35.5. The van der Waals surface area contributed by atoms with Crippen molar-refractivity contribution >= 4 is 41.0 Å². The van der Waals surface area contributed by atoms with Crippen LogP contribution in [0.25, 0.3) is 0 Å². The van der Waals surface area contributed by atoms with Gasteiger partial charge in [-0.25, -0.2) is 4.79 Å². The Morgan fingerprint density at radius 3 is 2.50 bits per heavy atom. The number of imide groups is 1. The molecule has 1 saturated heterocycles. The van der Waals surface area contributed by atoms with Gasteiger partial charge in [0.1, 0.15) is 5.54 Å². The van der Waals surface area contributed by atoms with E-state index in [1.54, 1.807) is 49.4 Å². The molecule has 1 aliphatic rings. The van der Waals surface area contributed by atoms with Gasteiger partial charge in [0.15, 0.2) is 0 Å². The van der Waals surface area contributed by atoms with Crippen molar-refractivity contribution in [2.24, 2.45) is 0 Å². The molecule has 1 heterocycles. The van der Waals surface area contributed by atoms with Gasteiger partial charge in [-0.2, -0.15) is 5.01 Å². The summed E-state index contributed by atoms with van der Waals surface area (Å²) in [6.45, 7) is 3.52. The highest BCUT2D eigenvalue weighted by Crippen LogP contribution is 2.31. The van der Waals surface area contributed by atoms with E-state index in [2.05, 4.69) is 16.1 Å². The summed E-state index contributed by atoms with van der Waals surface area (Å²) in [5.41, 5.74) is 2.61. The molecule has 7 nitrogen and oxygen atoms in total.